The van der Waals surface area contributed by atoms with Gasteiger partial charge in [-0.2, -0.15) is 15.0 Å². The molecule has 0 atom stereocenters. The van der Waals surface area contributed by atoms with Gasteiger partial charge in [0.25, 0.3) is 0 Å². The van der Waals surface area contributed by atoms with E-state index in [4.69, 9.17) is 10.5 Å². The van der Waals surface area contributed by atoms with Crippen LogP contribution in [0.5, 0.6) is 0 Å². The quantitative estimate of drug-likeness (QED) is 0.767. The molecule has 0 radical (unpaired) electrons. The smallest absolute Gasteiger partial charge is 0.230 e. The summed E-state index contributed by atoms with van der Waals surface area (Å²) in [4.78, 5) is 15.1. The topological polar surface area (TPSA) is 77.2 Å². The molecule has 0 amide bonds. The van der Waals surface area contributed by atoms with Crippen LogP contribution in [0.2, 0.25) is 0 Å². The number of anilines is 2. The van der Waals surface area contributed by atoms with E-state index in [0.29, 0.717) is 11.9 Å². The van der Waals surface area contributed by atoms with Crippen molar-refractivity contribution < 1.29 is 4.74 Å². The van der Waals surface area contributed by atoms with E-state index < -0.39 is 0 Å². The van der Waals surface area contributed by atoms with Crippen LogP contribution < -0.4 is 10.6 Å². The highest BCUT2D eigenvalue weighted by atomic mass is 16.5. The molecule has 1 aromatic heterocycles. The number of aromatic nitrogens is 3. The van der Waals surface area contributed by atoms with Gasteiger partial charge in [-0.15, -0.1) is 0 Å². The fraction of sp³-hybridized carbons (Fsp3) is 0.786. The average Bonchev–Trinajstić information content (AvgIpc) is 2.47. The molecular weight excluding hydrogens is 254 g/mol. The van der Waals surface area contributed by atoms with E-state index in [-0.39, 0.29) is 0 Å². The van der Waals surface area contributed by atoms with Gasteiger partial charge in [-0.25, -0.2) is 0 Å². The van der Waals surface area contributed by atoms with Crippen molar-refractivity contribution >= 4 is 11.9 Å². The standard InChI is InChI=1S/C14H25N5O/c1-2-3-4-5-6-7-12-16-13(15)18-14(17-12)19-8-10-20-11-9-19/h2-11H2,1H3,(H2,15,16,17,18). The maximum atomic E-state index is 5.80. The second-order valence-corrected chi connectivity index (χ2v) is 5.17. The SMILES string of the molecule is CCCCCCCc1nc(N)nc(N2CCOCC2)n1. The summed E-state index contributed by atoms with van der Waals surface area (Å²) in [5.41, 5.74) is 5.80. The van der Waals surface area contributed by atoms with Gasteiger partial charge in [-0.3, -0.25) is 0 Å². The third kappa shape index (κ3) is 4.59. The number of nitrogens with zero attached hydrogens (tertiary/aromatic N) is 4. The molecular formula is C14H25N5O. The summed E-state index contributed by atoms with van der Waals surface area (Å²) < 4.78 is 5.34. The predicted octanol–water partition coefficient (Wildman–Crippen LogP) is 1.80. The van der Waals surface area contributed by atoms with E-state index >= 15 is 0 Å². The number of rotatable bonds is 7. The maximum absolute atomic E-state index is 5.80. The molecule has 1 aliphatic rings. The molecule has 1 saturated heterocycles. The van der Waals surface area contributed by atoms with E-state index in [0.717, 1.165) is 45.0 Å². The van der Waals surface area contributed by atoms with E-state index in [1.54, 1.807) is 0 Å². The lowest BCUT2D eigenvalue weighted by Gasteiger charge is -2.26. The number of nitrogen functional groups attached to an aromatic ring is 1. The summed E-state index contributed by atoms with van der Waals surface area (Å²) in [6, 6.07) is 0. The van der Waals surface area contributed by atoms with Gasteiger partial charge >= 0.3 is 0 Å². The Balaban J connectivity index is 1.90. The van der Waals surface area contributed by atoms with Crippen molar-refractivity contribution in [2.75, 3.05) is 36.9 Å². The fourth-order valence-electron chi connectivity index (χ4n) is 2.33. The van der Waals surface area contributed by atoms with Gasteiger partial charge in [-0.05, 0) is 6.42 Å². The van der Waals surface area contributed by atoms with Crippen LogP contribution in [0.1, 0.15) is 44.9 Å². The van der Waals surface area contributed by atoms with Gasteiger partial charge in [-0.1, -0.05) is 32.6 Å². The fourth-order valence-corrected chi connectivity index (χ4v) is 2.33. The number of aryl methyl sites for hydroxylation is 1. The Hall–Kier alpha value is -1.43. The molecule has 6 nitrogen and oxygen atoms in total. The molecule has 1 aromatic rings. The first-order valence-electron chi connectivity index (χ1n) is 7.62. The highest BCUT2D eigenvalue weighted by molar-refractivity contribution is 5.35. The van der Waals surface area contributed by atoms with Crippen LogP contribution in [0, 0.1) is 0 Å². The van der Waals surface area contributed by atoms with Crippen LogP contribution in [-0.4, -0.2) is 41.3 Å². The van der Waals surface area contributed by atoms with Crippen molar-refractivity contribution in [1.82, 2.24) is 15.0 Å². The normalized spacial score (nSPS) is 15.6. The lowest BCUT2D eigenvalue weighted by atomic mass is 10.1. The lowest BCUT2D eigenvalue weighted by Crippen LogP contribution is -2.37. The highest BCUT2D eigenvalue weighted by Crippen LogP contribution is 2.13. The largest absolute Gasteiger partial charge is 0.378 e. The highest BCUT2D eigenvalue weighted by Gasteiger charge is 2.15. The van der Waals surface area contributed by atoms with Gasteiger partial charge in [0.15, 0.2) is 0 Å². The number of hydrogen-bond acceptors (Lipinski definition) is 6. The molecule has 2 rings (SSSR count). The summed E-state index contributed by atoms with van der Waals surface area (Å²) in [6.45, 7) is 5.30. The first-order chi connectivity index (χ1) is 9.79. The zero-order valence-electron chi connectivity index (χ0n) is 12.3. The van der Waals surface area contributed by atoms with E-state index in [1.165, 1.54) is 25.7 Å². The summed E-state index contributed by atoms with van der Waals surface area (Å²) in [5.74, 6) is 1.84. The Labute approximate surface area is 120 Å². The van der Waals surface area contributed by atoms with Crippen molar-refractivity contribution in [3.8, 4) is 0 Å². The molecule has 0 spiro atoms. The van der Waals surface area contributed by atoms with Gasteiger partial charge in [0.05, 0.1) is 13.2 Å². The van der Waals surface area contributed by atoms with Crippen LogP contribution in [0.3, 0.4) is 0 Å². The number of morpholine rings is 1. The molecule has 0 saturated carbocycles. The monoisotopic (exact) mass is 279 g/mol. The number of unbranched alkanes of at least 4 members (excludes halogenated alkanes) is 4. The summed E-state index contributed by atoms with van der Waals surface area (Å²) in [5, 5.41) is 0. The Bertz CT molecular complexity index is 407. The zero-order valence-corrected chi connectivity index (χ0v) is 12.3. The van der Waals surface area contributed by atoms with Crippen LogP contribution in [-0.2, 0) is 11.2 Å². The van der Waals surface area contributed by atoms with Crippen molar-refractivity contribution in [1.29, 1.82) is 0 Å². The van der Waals surface area contributed by atoms with Crippen molar-refractivity contribution in [2.45, 2.75) is 45.4 Å². The number of ether oxygens (including phenoxy) is 1. The third-order valence-corrected chi connectivity index (χ3v) is 3.49. The van der Waals surface area contributed by atoms with Gasteiger partial charge < -0.3 is 15.4 Å². The van der Waals surface area contributed by atoms with Crippen molar-refractivity contribution in [3.63, 3.8) is 0 Å². The molecule has 0 aromatic carbocycles. The molecule has 1 aliphatic heterocycles. The molecule has 6 heteroatoms. The molecule has 2 heterocycles. The molecule has 112 valence electrons. The van der Waals surface area contributed by atoms with E-state index in [9.17, 15) is 0 Å². The summed E-state index contributed by atoms with van der Waals surface area (Å²) in [7, 11) is 0. The minimum Gasteiger partial charge on any atom is -0.378 e. The van der Waals surface area contributed by atoms with E-state index in [2.05, 4.69) is 26.8 Å². The minimum absolute atomic E-state index is 0.324. The van der Waals surface area contributed by atoms with Gasteiger partial charge in [0.2, 0.25) is 11.9 Å². The first kappa shape index (κ1) is 15.0. The van der Waals surface area contributed by atoms with Crippen LogP contribution in [0.15, 0.2) is 0 Å². The molecule has 0 unspecified atom stereocenters. The summed E-state index contributed by atoms with van der Waals surface area (Å²) >= 11 is 0. The Morgan fingerprint density at radius 2 is 1.80 bits per heavy atom. The Morgan fingerprint density at radius 1 is 1.05 bits per heavy atom. The third-order valence-electron chi connectivity index (χ3n) is 3.49. The molecule has 0 aliphatic carbocycles. The minimum atomic E-state index is 0.324. The summed E-state index contributed by atoms with van der Waals surface area (Å²) in [6.07, 6.45) is 7.08. The second-order valence-electron chi connectivity index (χ2n) is 5.17. The van der Waals surface area contributed by atoms with Gasteiger partial charge in [0, 0.05) is 19.5 Å². The zero-order chi connectivity index (χ0) is 14.2. The second kappa shape index (κ2) is 7.99. The average molecular weight is 279 g/mol. The molecule has 20 heavy (non-hydrogen) atoms. The lowest BCUT2D eigenvalue weighted by molar-refractivity contribution is 0.122. The van der Waals surface area contributed by atoms with Gasteiger partial charge in [0.1, 0.15) is 5.82 Å². The van der Waals surface area contributed by atoms with E-state index in [1.807, 2.05) is 0 Å². The number of hydrogen-bond donors (Lipinski definition) is 1. The maximum Gasteiger partial charge on any atom is 0.230 e. The van der Waals surface area contributed by atoms with Crippen molar-refractivity contribution in [3.05, 3.63) is 5.82 Å². The molecule has 1 fully saturated rings. The predicted molar refractivity (Wildman–Crippen MR) is 79.7 cm³/mol. The van der Waals surface area contributed by atoms with Crippen molar-refractivity contribution in [2.24, 2.45) is 0 Å². The Morgan fingerprint density at radius 3 is 2.55 bits per heavy atom. The Kier molecular flexibility index (Phi) is 5.98. The molecule has 2 N–H and O–H groups in total. The van der Waals surface area contributed by atoms with Crippen LogP contribution >= 0.6 is 0 Å². The number of nitrogens with two attached hydrogens (primary N) is 1. The first-order valence-corrected chi connectivity index (χ1v) is 7.62. The molecule has 0 bridgehead atoms. The van der Waals surface area contributed by atoms with Crippen LogP contribution in [0.4, 0.5) is 11.9 Å². The van der Waals surface area contributed by atoms with Crippen LogP contribution in [0.25, 0.3) is 0 Å².